The van der Waals surface area contributed by atoms with Crippen molar-refractivity contribution in [1.29, 1.82) is 0 Å². The van der Waals surface area contributed by atoms with Gasteiger partial charge in [0.1, 0.15) is 0 Å². The molecule has 0 bridgehead atoms. The minimum Gasteiger partial charge on any atom is -0.390 e. The van der Waals surface area contributed by atoms with Crippen LogP contribution in [0, 0.1) is 88.8 Å². The van der Waals surface area contributed by atoms with Gasteiger partial charge in [-0.25, -0.2) is 5.06 Å². The summed E-state index contributed by atoms with van der Waals surface area (Å²) in [5.74, 6) is 8.58. The van der Waals surface area contributed by atoms with Crippen molar-refractivity contribution >= 4 is 33.5 Å². The molecule has 2 heterocycles. The zero-order valence-corrected chi connectivity index (χ0v) is 47.1. The average Bonchev–Trinajstić information content (AvgIpc) is 4.13. The summed E-state index contributed by atoms with van der Waals surface area (Å²) in [6, 6.07) is 21.0. The fourth-order valence-corrected chi connectivity index (χ4v) is 18.2. The smallest absolute Gasteiger partial charge is 0.390 e. The van der Waals surface area contributed by atoms with E-state index in [0.717, 1.165) is 103 Å². The van der Waals surface area contributed by atoms with Gasteiger partial charge in [-0.1, -0.05) is 85.9 Å². The van der Waals surface area contributed by atoms with E-state index in [-0.39, 0.29) is 69.7 Å². The number of aliphatic hydroxyl groups is 2. The van der Waals surface area contributed by atoms with Crippen molar-refractivity contribution in [1.82, 2.24) is 14.2 Å². The van der Waals surface area contributed by atoms with E-state index >= 15 is 0 Å². The molecule has 76 heavy (non-hydrogen) atoms. The van der Waals surface area contributed by atoms with Crippen molar-refractivity contribution in [2.75, 3.05) is 14.2 Å². The first kappa shape index (κ1) is 64.0. The zero-order chi connectivity index (χ0) is 51.3. The fourth-order valence-electron chi connectivity index (χ4n) is 18.2. The Morgan fingerprint density at radius 1 is 0.632 bits per heavy atom. The van der Waals surface area contributed by atoms with Crippen LogP contribution in [-0.2, 0) is 23.7 Å². The topological polar surface area (TPSA) is 96.9 Å². The summed E-state index contributed by atoms with van der Waals surface area (Å²) in [5.41, 5.74) is 2.78. The van der Waals surface area contributed by atoms with Gasteiger partial charge in [0.2, 0.25) is 5.91 Å². The SMILES string of the molecule is C.C.C.CON(C)C(=O)[C@H]1CC[C@H]2[C@@H]3CC[C@@H]4C[C@](C)(O)CC[C@@H]4[C@H]3CC[C@]12C.Cn1c(C(=O)[C@H]2CC[C@H]3[C@@H]4CC[C@@H]5C[C@](C)(O)CC[C@@H]5[C@H]4CC[C@]23C)cc2ccccc21.Cn1ccc2ccccc21.[CH2-]CCC.[Li+]. The Hall–Kier alpha value is -2.86. The van der Waals surface area contributed by atoms with Crippen molar-refractivity contribution in [3.63, 3.8) is 0 Å². The number of para-hydroxylation sites is 2. The monoisotopic (exact) mass is 1040 g/mol. The zero-order valence-electron chi connectivity index (χ0n) is 47.1. The van der Waals surface area contributed by atoms with Gasteiger partial charge in [0.25, 0.3) is 0 Å². The van der Waals surface area contributed by atoms with Gasteiger partial charge in [-0.05, 0) is 229 Å². The standard InChI is InChI=1S/C29H39NO2.C22H37NO3.C9H9N.C4H9.3CH4.Li/c1-28(32)14-12-20-19(17-28)8-9-22-21(20)13-15-29(2)23(22)10-11-24(29)27(31)26-16-18-6-4-5-7-25(18)30(26)3;1-21(25)11-9-15-14(13-21)5-6-17-16(15)10-12-22(2)18(17)7-8-19(22)20(24)23(3)26-4;1-10-7-6-8-4-2-3-5-9(8)10;1-3-4-2;;;;/h4-7,16,19-24,32H,8-15,17H2,1-3H3;14-19,25H,5-13H2,1-4H3;2-7H,1H3;1,3-4H2,2H3;3*1H4;/q;;;-1;;;;+1/t19-,20+,21-,22-,23+,24-,28-,29+;14-,15+,16-,17-,18+,19-,21-,22+;;;;;;/m11....../s1. The van der Waals surface area contributed by atoms with Crippen LogP contribution in [0.25, 0.3) is 21.8 Å². The number of aryl methyl sites for hydroxylation is 2. The summed E-state index contributed by atoms with van der Waals surface area (Å²) in [6.45, 7) is 14.7. The van der Waals surface area contributed by atoms with Gasteiger partial charge in [-0.15, -0.1) is 0 Å². The van der Waals surface area contributed by atoms with Crippen LogP contribution in [0.1, 0.15) is 196 Å². The van der Waals surface area contributed by atoms with E-state index in [4.69, 9.17) is 4.84 Å². The average molecular weight is 1040 g/mol. The fraction of sp³-hybridized carbons (Fsp3) is 0.716. The number of amides is 1. The molecule has 9 heteroatoms. The number of benzene rings is 2. The van der Waals surface area contributed by atoms with E-state index in [2.05, 4.69) is 118 Å². The molecule has 420 valence electrons. The quantitative estimate of drug-likeness (QED) is 0.0898. The molecule has 2 N–H and O–H groups in total. The van der Waals surface area contributed by atoms with Gasteiger partial charge in [0, 0.05) is 55.6 Å². The van der Waals surface area contributed by atoms with E-state index in [9.17, 15) is 19.8 Å². The van der Waals surface area contributed by atoms with E-state index in [1.54, 1.807) is 14.2 Å². The summed E-state index contributed by atoms with van der Waals surface area (Å²) >= 11 is 0. The van der Waals surface area contributed by atoms with Gasteiger partial charge in [-0.2, -0.15) is 6.42 Å². The molecule has 1 amide bonds. The summed E-state index contributed by atoms with van der Waals surface area (Å²) < 4.78 is 4.24. The van der Waals surface area contributed by atoms with Crippen molar-refractivity contribution in [3.05, 3.63) is 79.5 Å². The van der Waals surface area contributed by atoms with E-state index in [0.29, 0.717) is 17.6 Å². The van der Waals surface area contributed by atoms with Crippen LogP contribution in [0.3, 0.4) is 0 Å². The third-order valence-electron chi connectivity index (χ3n) is 22.0. The Kier molecular flexibility index (Phi) is 21.6. The molecule has 16 atom stereocenters. The number of unbranched alkanes of at least 4 members (excludes halogenated alkanes) is 1. The van der Waals surface area contributed by atoms with Crippen LogP contribution < -0.4 is 18.9 Å². The number of hydrogen-bond acceptors (Lipinski definition) is 5. The Labute approximate surface area is 474 Å². The maximum atomic E-state index is 13.9. The number of ketones is 1. The van der Waals surface area contributed by atoms with Crippen molar-refractivity contribution in [2.45, 2.75) is 197 Å². The molecule has 2 aromatic heterocycles. The van der Waals surface area contributed by atoms with Gasteiger partial charge >= 0.3 is 18.9 Å². The molecule has 0 spiro atoms. The van der Waals surface area contributed by atoms with Crippen LogP contribution in [-0.4, -0.2) is 61.5 Å². The Morgan fingerprint density at radius 3 is 1.58 bits per heavy atom. The molecular weight excluding hydrogens is 934 g/mol. The molecule has 8 saturated carbocycles. The molecule has 0 unspecified atom stereocenters. The van der Waals surface area contributed by atoms with Crippen LogP contribution in [0.2, 0.25) is 0 Å². The molecule has 0 saturated heterocycles. The Bertz CT molecular complexity index is 2510. The first-order valence-electron chi connectivity index (χ1n) is 29.0. The number of hydrogen-bond donors (Lipinski definition) is 2. The van der Waals surface area contributed by atoms with Crippen LogP contribution in [0.5, 0.6) is 0 Å². The predicted molar refractivity (Wildman–Crippen MR) is 313 cm³/mol. The summed E-state index contributed by atoms with van der Waals surface area (Å²) in [7, 11) is 7.45. The van der Waals surface area contributed by atoms with Crippen LogP contribution >= 0.6 is 0 Å². The maximum Gasteiger partial charge on any atom is 1.00 e. The largest absolute Gasteiger partial charge is 1.00 e. The number of fused-ring (bicyclic) bond motifs is 12. The number of nitrogens with zero attached hydrogens (tertiary/aromatic N) is 3. The Morgan fingerprint density at radius 2 is 1.09 bits per heavy atom. The van der Waals surface area contributed by atoms with E-state index < -0.39 is 11.2 Å². The number of rotatable bonds is 5. The second kappa shape index (κ2) is 25.7. The molecular formula is C67H106LiN3O5. The van der Waals surface area contributed by atoms with Crippen molar-refractivity contribution in [3.8, 4) is 0 Å². The molecule has 8 aliphatic rings. The number of carbonyl (C=O) groups is 2. The second-order valence-electron chi connectivity index (χ2n) is 26.1. The summed E-state index contributed by atoms with van der Waals surface area (Å²) in [6.07, 6.45) is 25.4. The van der Waals surface area contributed by atoms with Gasteiger partial charge in [-0.3, -0.25) is 14.4 Å². The minimum atomic E-state index is -0.444. The second-order valence-corrected chi connectivity index (χ2v) is 26.1. The van der Waals surface area contributed by atoms with Crippen LogP contribution in [0.15, 0.2) is 66.9 Å². The first-order chi connectivity index (χ1) is 34.3. The number of Topliss-reactive ketones (excluding diaryl/α,β-unsaturated/α-hetero) is 1. The van der Waals surface area contributed by atoms with Gasteiger partial charge < -0.3 is 26.3 Å². The molecule has 8 fully saturated rings. The first-order valence-corrected chi connectivity index (χ1v) is 29.0. The van der Waals surface area contributed by atoms with Gasteiger partial charge in [0.05, 0.1) is 24.0 Å². The van der Waals surface area contributed by atoms with E-state index in [1.165, 1.54) is 105 Å². The van der Waals surface area contributed by atoms with Gasteiger partial charge in [0.15, 0.2) is 5.78 Å². The number of carbonyl (C=O) groups excluding carboxylic acids is 2. The normalized spacial score (nSPS) is 37.4. The molecule has 0 aliphatic heterocycles. The molecule has 12 rings (SSSR count). The third kappa shape index (κ3) is 12.2. The number of aromatic nitrogens is 2. The summed E-state index contributed by atoms with van der Waals surface area (Å²) in [5, 5.41) is 25.1. The van der Waals surface area contributed by atoms with Crippen LogP contribution in [0.4, 0.5) is 0 Å². The third-order valence-corrected chi connectivity index (χ3v) is 22.0. The molecule has 8 nitrogen and oxygen atoms in total. The predicted octanol–water partition coefficient (Wildman–Crippen LogP) is 13.1. The molecule has 4 aromatic rings. The molecule has 0 radical (unpaired) electrons. The van der Waals surface area contributed by atoms with Crippen molar-refractivity contribution < 1.29 is 43.5 Å². The number of hydroxylamine groups is 2. The minimum absolute atomic E-state index is 0. The molecule has 8 aliphatic carbocycles. The molecule has 2 aromatic carbocycles. The van der Waals surface area contributed by atoms with Crippen molar-refractivity contribution in [2.24, 2.45) is 95.9 Å². The van der Waals surface area contributed by atoms with E-state index in [1.807, 2.05) is 13.8 Å². The maximum absolute atomic E-state index is 13.9. The summed E-state index contributed by atoms with van der Waals surface area (Å²) in [4.78, 5) is 32.0. The Balaban J connectivity index is 0.000000217.